The van der Waals surface area contributed by atoms with E-state index in [9.17, 15) is 5.11 Å². The zero-order valence-electron chi connectivity index (χ0n) is 8.45. The van der Waals surface area contributed by atoms with Gasteiger partial charge in [-0.25, -0.2) is 0 Å². The molecule has 0 amide bonds. The molecule has 78 valence electrons. The first-order valence-electron chi connectivity index (χ1n) is 4.84. The first-order chi connectivity index (χ1) is 6.54. The van der Waals surface area contributed by atoms with Crippen molar-refractivity contribution in [2.75, 3.05) is 11.9 Å². The molecular formula is C9H15N3O2. The predicted octanol–water partition coefficient (Wildman–Crippen LogP) is 1.13. The minimum absolute atomic E-state index is 0.397. The summed E-state index contributed by atoms with van der Waals surface area (Å²) in [5.41, 5.74) is -0.770. The molecule has 1 saturated carbocycles. The molecule has 0 aliphatic heterocycles. The number of nitrogens with one attached hydrogen (secondary N) is 1. The second kappa shape index (κ2) is 3.24. The van der Waals surface area contributed by atoms with Crippen molar-refractivity contribution in [2.24, 2.45) is 0 Å². The Morgan fingerprint density at radius 2 is 2.21 bits per heavy atom. The highest BCUT2D eigenvalue weighted by molar-refractivity contribution is 5.19. The molecule has 0 radical (unpaired) electrons. The van der Waals surface area contributed by atoms with Gasteiger partial charge in [0.1, 0.15) is 0 Å². The van der Waals surface area contributed by atoms with Crippen LogP contribution in [0.25, 0.3) is 0 Å². The van der Waals surface area contributed by atoms with E-state index in [0.717, 1.165) is 12.8 Å². The lowest BCUT2D eigenvalue weighted by atomic mass is 10.1. The molecule has 5 heteroatoms. The highest BCUT2D eigenvalue weighted by Crippen LogP contribution is 2.39. The third-order valence-corrected chi connectivity index (χ3v) is 2.04. The predicted molar refractivity (Wildman–Crippen MR) is 51.1 cm³/mol. The molecule has 0 spiro atoms. The van der Waals surface area contributed by atoms with Crippen molar-refractivity contribution < 1.29 is 9.52 Å². The molecule has 2 N–H and O–H groups in total. The first kappa shape index (κ1) is 9.45. The molecule has 0 saturated heterocycles. The lowest BCUT2D eigenvalue weighted by Gasteiger charge is -2.15. The van der Waals surface area contributed by atoms with E-state index in [0.29, 0.717) is 24.4 Å². The van der Waals surface area contributed by atoms with Crippen LogP contribution in [0.4, 0.5) is 6.01 Å². The molecule has 2 rings (SSSR count). The van der Waals surface area contributed by atoms with E-state index >= 15 is 0 Å². The molecule has 0 aromatic carbocycles. The molecule has 14 heavy (non-hydrogen) atoms. The second-order valence-corrected chi connectivity index (χ2v) is 4.39. The molecule has 0 bridgehead atoms. The lowest BCUT2D eigenvalue weighted by molar-refractivity contribution is 0.0938. The molecule has 0 unspecified atom stereocenters. The number of rotatable bonds is 4. The van der Waals surface area contributed by atoms with E-state index < -0.39 is 5.60 Å². The third-order valence-electron chi connectivity index (χ3n) is 2.04. The maximum Gasteiger partial charge on any atom is 0.315 e. The summed E-state index contributed by atoms with van der Waals surface area (Å²) in [6.45, 7) is 3.84. The van der Waals surface area contributed by atoms with E-state index in [-0.39, 0.29) is 0 Å². The van der Waals surface area contributed by atoms with Gasteiger partial charge < -0.3 is 14.8 Å². The minimum Gasteiger partial charge on any atom is -0.408 e. The Labute approximate surface area is 82.5 Å². The van der Waals surface area contributed by atoms with E-state index in [2.05, 4.69) is 15.5 Å². The molecular weight excluding hydrogens is 182 g/mol. The van der Waals surface area contributed by atoms with Crippen molar-refractivity contribution in [2.45, 2.75) is 38.2 Å². The van der Waals surface area contributed by atoms with Crippen molar-refractivity contribution in [1.29, 1.82) is 0 Å². The monoisotopic (exact) mass is 197 g/mol. The van der Waals surface area contributed by atoms with Gasteiger partial charge in [0.05, 0.1) is 5.60 Å². The molecule has 1 aliphatic carbocycles. The van der Waals surface area contributed by atoms with Crippen LogP contribution in [0, 0.1) is 0 Å². The quantitative estimate of drug-likeness (QED) is 0.757. The van der Waals surface area contributed by atoms with Crippen LogP contribution in [0.15, 0.2) is 4.42 Å². The van der Waals surface area contributed by atoms with Gasteiger partial charge in [-0.2, -0.15) is 0 Å². The molecule has 1 fully saturated rings. The van der Waals surface area contributed by atoms with Crippen molar-refractivity contribution in [3.8, 4) is 0 Å². The molecule has 1 heterocycles. The smallest absolute Gasteiger partial charge is 0.315 e. The van der Waals surface area contributed by atoms with Crippen LogP contribution in [-0.2, 0) is 0 Å². The van der Waals surface area contributed by atoms with E-state index in [1.807, 2.05) is 0 Å². The largest absolute Gasteiger partial charge is 0.408 e. The zero-order valence-corrected chi connectivity index (χ0v) is 8.45. The van der Waals surface area contributed by atoms with Crippen LogP contribution in [0.5, 0.6) is 0 Å². The van der Waals surface area contributed by atoms with Gasteiger partial charge in [-0.3, -0.25) is 0 Å². The van der Waals surface area contributed by atoms with Crippen LogP contribution in [0.2, 0.25) is 0 Å². The Hall–Kier alpha value is -1.10. The van der Waals surface area contributed by atoms with Crippen molar-refractivity contribution in [3.63, 3.8) is 0 Å². The number of hydrogen-bond acceptors (Lipinski definition) is 5. The first-order valence-corrected chi connectivity index (χ1v) is 4.84. The van der Waals surface area contributed by atoms with E-state index in [4.69, 9.17) is 4.42 Å². The number of aliphatic hydroxyl groups is 1. The molecule has 1 aromatic rings. The summed E-state index contributed by atoms with van der Waals surface area (Å²) in [6, 6.07) is 0.397. The van der Waals surface area contributed by atoms with Crippen LogP contribution < -0.4 is 5.32 Å². The zero-order chi connectivity index (χ0) is 10.2. The van der Waals surface area contributed by atoms with Gasteiger partial charge in [0.25, 0.3) is 0 Å². The topological polar surface area (TPSA) is 71.2 Å². The molecule has 1 aromatic heterocycles. The van der Waals surface area contributed by atoms with Gasteiger partial charge in [-0.15, -0.1) is 5.10 Å². The maximum atomic E-state index is 9.45. The number of anilines is 1. The fraction of sp³-hybridized carbons (Fsp3) is 0.778. The highest BCUT2D eigenvalue weighted by atomic mass is 16.4. The van der Waals surface area contributed by atoms with E-state index in [1.54, 1.807) is 13.8 Å². The van der Waals surface area contributed by atoms with Crippen LogP contribution >= 0.6 is 0 Å². The molecule has 0 atom stereocenters. The van der Waals surface area contributed by atoms with Crippen LogP contribution in [-0.4, -0.2) is 27.4 Å². The number of hydrogen-bond donors (Lipinski definition) is 2. The highest BCUT2D eigenvalue weighted by Gasteiger charge is 2.29. The third kappa shape index (κ3) is 2.45. The van der Waals surface area contributed by atoms with Gasteiger partial charge in [0.15, 0.2) is 0 Å². The summed E-state index contributed by atoms with van der Waals surface area (Å²) in [6.07, 6.45) is 2.29. The van der Waals surface area contributed by atoms with Crippen molar-refractivity contribution in [3.05, 3.63) is 5.89 Å². The average molecular weight is 197 g/mol. The van der Waals surface area contributed by atoms with Gasteiger partial charge in [0, 0.05) is 12.5 Å². The second-order valence-electron chi connectivity index (χ2n) is 4.39. The van der Waals surface area contributed by atoms with Gasteiger partial charge in [-0.1, -0.05) is 5.10 Å². The number of aromatic nitrogens is 2. The Morgan fingerprint density at radius 3 is 2.79 bits per heavy atom. The normalized spacial score (nSPS) is 17.1. The summed E-state index contributed by atoms with van der Waals surface area (Å²) >= 11 is 0. The standard InChI is InChI=1S/C9H15N3O2/c1-9(2,13)5-10-8-12-11-7(14-8)6-3-4-6/h6,13H,3-5H2,1-2H3,(H,10,12). The maximum absolute atomic E-state index is 9.45. The SMILES string of the molecule is CC(C)(O)CNc1nnc(C2CC2)o1. The van der Waals surface area contributed by atoms with E-state index in [1.165, 1.54) is 0 Å². The summed E-state index contributed by atoms with van der Waals surface area (Å²) < 4.78 is 5.36. The fourth-order valence-corrected chi connectivity index (χ4v) is 1.09. The summed E-state index contributed by atoms with van der Waals surface area (Å²) in [5, 5.41) is 20.1. The van der Waals surface area contributed by atoms with Crippen LogP contribution in [0.3, 0.4) is 0 Å². The fourth-order valence-electron chi connectivity index (χ4n) is 1.09. The minimum atomic E-state index is -0.770. The van der Waals surface area contributed by atoms with Gasteiger partial charge in [-0.05, 0) is 26.7 Å². The Balaban J connectivity index is 1.90. The molecule has 5 nitrogen and oxygen atoms in total. The summed E-state index contributed by atoms with van der Waals surface area (Å²) in [7, 11) is 0. The summed E-state index contributed by atoms with van der Waals surface area (Å²) in [5.74, 6) is 1.18. The number of nitrogens with zero attached hydrogens (tertiary/aromatic N) is 2. The van der Waals surface area contributed by atoms with Gasteiger partial charge >= 0.3 is 6.01 Å². The van der Waals surface area contributed by atoms with Gasteiger partial charge in [0.2, 0.25) is 5.89 Å². The lowest BCUT2D eigenvalue weighted by Crippen LogP contribution is -2.29. The summed E-state index contributed by atoms with van der Waals surface area (Å²) in [4.78, 5) is 0. The Morgan fingerprint density at radius 1 is 1.50 bits per heavy atom. The van der Waals surface area contributed by atoms with Crippen LogP contribution in [0.1, 0.15) is 38.5 Å². The van der Waals surface area contributed by atoms with Crippen molar-refractivity contribution >= 4 is 6.01 Å². The molecule has 1 aliphatic rings. The van der Waals surface area contributed by atoms with Crippen molar-refractivity contribution in [1.82, 2.24) is 10.2 Å². The Bertz CT molecular complexity index is 312. The Kier molecular flexibility index (Phi) is 2.19. The average Bonchev–Trinajstić information content (AvgIpc) is 2.81.